The molecule has 0 unspecified atom stereocenters. The second kappa shape index (κ2) is 3.73. The van der Waals surface area contributed by atoms with Gasteiger partial charge in [-0.3, -0.25) is 4.90 Å². The summed E-state index contributed by atoms with van der Waals surface area (Å²) in [6.07, 6.45) is 6.00. The average molecular weight is 252 g/mol. The number of fused-ring (bicyclic) bond motifs is 2. The van der Waals surface area contributed by atoms with Crippen molar-refractivity contribution in [2.45, 2.75) is 25.3 Å². The zero-order valence-corrected chi connectivity index (χ0v) is 11.9. The Morgan fingerprint density at radius 2 is 2.05 bits per heavy atom. The Morgan fingerprint density at radius 1 is 1.21 bits per heavy atom. The largest absolute Gasteiger partial charge is 0.350 e. The van der Waals surface area contributed by atoms with Gasteiger partial charge in [0.05, 0.1) is 0 Å². The number of aromatic nitrogens is 1. The third kappa shape index (κ3) is 1.47. The smallest absolute Gasteiger partial charge is 0.0483 e. The van der Waals surface area contributed by atoms with Crippen molar-refractivity contribution in [2.75, 3.05) is 13.6 Å². The van der Waals surface area contributed by atoms with E-state index in [0.29, 0.717) is 12.0 Å². The minimum absolute atomic E-state index is 0.567. The summed E-state index contributed by atoms with van der Waals surface area (Å²) in [5, 5.41) is 1.51. The molecule has 2 aliphatic rings. The lowest BCUT2D eigenvalue weighted by molar-refractivity contribution is 0.224. The van der Waals surface area contributed by atoms with Crippen molar-refractivity contribution in [3.8, 4) is 0 Å². The van der Waals surface area contributed by atoms with E-state index in [4.69, 9.17) is 0 Å². The number of hydrogen-bond acceptors (Lipinski definition) is 1. The first-order chi connectivity index (χ1) is 9.15. The van der Waals surface area contributed by atoms with E-state index < -0.39 is 0 Å². The van der Waals surface area contributed by atoms with Crippen LogP contribution in [0, 0.1) is 0 Å². The zero-order valence-electron chi connectivity index (χ0n) is 11.9. The van der Waals surface area contributed by atoms with E-state index >= 15 is 0 Å². The Balaban J connectivity index is 2.01. The van der Waals surface area contributed by atoms with Gasteiger partial charge in [-0.2, -0.15) is 0 Å². The molecule has 0 fully saturated rings. The van der Waals surface area contributed by atoms with Gasteiger partial charge in [0.2, 0.25) is 0 Å². The lowest BCUT2D eigenvalue weighted by Crippen LogP contribution is -2.43. The number of likely N-dealkylation sites (N-methyl/N-ethyl adjacent to an activating group) is 1. The number of nitrogens with zero attached hydrogens (tertiary/aromatic N) is 2. The van der Waals surface area contributed by atoms with Crippen LogP contribution in [0.25, 0.3) is 10.9 Å². The number of hydrogen-bond donors (Lipinski definition) is 0. The first-order valence-corrected chi connectivity index (χ1v) is 7.09. The van der Waals surface area contributed by atoms with E-state index in [9.17, 15) is 0 Å². The highest BCUT2D eigenvalue weighted by molar-refractivity contribution is 5.89. The van der Waals surface area contributed by atoms with Gasteiger partial charge < -0.3 is 4.57 Å². The fourth-order valence-electron chi connectivity index (χ4n) is 4.06. The Hall–Kier alpha value is -1.54. The molecule has 2 heteroatoms. The molecule has 1 aliphatic carbocycles. The van der Waals surface area contributed by atoms with Gasteiger partial charge in [-0.15, -0.1) is 0 Å². The fourth-order valence-corrected chi connectivity index (χ4v) is 4.06. The van der Waals surface area contributed by atoms with Crippen LogP contribution in [0.4, 0.5) is 0 Å². The van der Waals surface area contributed by atoms with Gasteiger partial charge in [-0.05, 0) is 37.6 Å². The van der Waals surface area contributed by atoms with Crippen molar-refractivity contribution in [2.24, 2.45) is 7.05 Å². The molecule has 2 aromatic rings. The maximum absolute atomic E-state index is 2.52. The molecule has 2 heterocycles. The molecule has 0 saturated carbocycles. The van der Waals surface area contributed by atoms with Crippen molar-refractivity contribution in [1.29, 1.82) is 0 Å². The zero-order chi connectivity index (χ0) is 13.1. The van der Waals surface area contributed by atoms with E-state index in [1.807, 2.05) is 0 Å². The minimum atomic E-state index is 0.567. The summed E-state index contributed by atoms with van der Waals surface area (Å²) >= 11 is 0. The normalized spacial score (nSPS) is 26.4. The van der Waals surface area contributed by atoms with Crippen molar-refractivity contribution in [1.82, 2.24) is 9.47 Å². The van der Waals surface area contributed by atoms with Crippen molar-refractivity contribution < 1.29 is 0 Å². The molecule has 0 N–H and O–H groups in total. The van der Waals surface area contributed by atoms with Crippen LogP contribution >= 0.6 is 0 Å². The van der Waals surface area contributed by atoms with Crippen LogP contribution in [0.3, 0.4) is 0 Å². The Bertz CT molecular complexity index is 693. The van der Waals surface area contributed by atoms with Gasteiger partial charge in [0.15, 0.2) is 0 Å². The lowest BCUT2D eigenvalue weighted by Gasteiger charge is -2.40. The standard InChI is InChI=1S/C17H20N2/c1-11-7-14-13-5-4-6-15-17(13)12(10-19(15)3)8-16(14)18(2)9-11/h4-7,10,14,16H,8-9H2,1-3H3/t14-,16-/m1/s1. The third-order valence-electron chi connectivity index (χ3n) is 4.86. The van der Waals surface area contributed by atoms with Gasteiger partial charge >= 0.3 is 0 Å². The van der Waals surface area contributed by atoms with Gasteiger partial charge in [0, 0.05) is 42.7 Å². The van der Waals surface area contributed by atoms with E-state index in [2.05, 4.69) is 61.0 Å². The summed E-state index contributed by atoms with van der Waals surface area (Å²) in [7, 11) is 4.43. The summed E-state index contributed by atoms with van der Waals surface area (Å²) in [5.74, 6) is 0.567. The highest BCUT2D eigenvalue weighted by atomic mass is 15.1. The topological polar surface area (TPSA) is 8.17 Å². The van der Waals surface area contributed by atoms with E-state index in [1.54, 1.807) is 0 Å². The molecule has 19 heavy (non-hydrogen) atoms. The van der Waals surface area contributed by atoms with Gasteiger partial charge in [0.25, 0.3) is 0 Å². The molecule has 4 rings (SSSR count). The molecule has 1 aromatic carbocycles. The van der Waals surface area contributed by atoms with Crippen LogP contribution in [0.2, 0.25) is 0 Å². The highest BCUT2D eigenvalue weighted by Gasteiger charge is 2.35. The monoisotopic (exact) mass is 252 g/mol. The molecule has 1 aromatic heterocycles. The number of rotatable bonds is 0. The Labute approximate surface area is 114 Å². The molecule has 2 atom stereocenters. The minimum Gasteiger partial charge on any atom is -0.350 e. The van der Waals surface area contributed by atoms with Crippen LogP contribution < -0.4 is 0 Å². The molecule has 0 radical (unpaired) electrons. The molecule has 0 bridgehead atoms. The highest BCUT2D eigenvalue weighted by Crippen LogP contribution is 2.42. The second-order valence-corrected chi connectivity index (χ2v) is 6.23. The summed E-state index contributed by atoms with van der Waals surface area (Å²) in [4.78, 5) is 2.52. The summed E-state index contributed by atoms with van der Waals surface area (Å²) < 4.78 is 2.28. The summed E-state index contributed by atoms with van der Waals surface area (Å²) in [6.45, 7) is 3.37. The van der Waals surface area contributed by atoms with Crippen LogP contribution in [0.5, 0.6) is 0 Å². The summed E-state index contributed by atoms with van der Waals surface area (Å²) in [6, 6.07) is 7.41. The molecule has 0 spiro atoms. The first-order valence-electron chi connectivity index (χ1n) is 7.09. The molecule has 1 aliphatic heterocycles. The average Bonchev–Trinajstić information content (AvgIpc) is 2.70. The van der Waals surface area contributed by atoms with E-state index in [0.717, 1.165) is 6.54 Å². The Kier molecular flexibility index (Phi) is 2.22. The quantitative estimate of drug-likeness (QED) is 0.654. The number of aryl methyl sites for hydroxylation is 1. The van der Waals surface area contributed by atoms with Gasteiger partial charge in [0.1, 0.15) is 0 Å². The predicted octanol–water partition coefficient (Wildman–Crippen LogP) is 3.08. The van der Waals surface area contributed by atoms with Crippen LogP contribution in [0.1, 0.15) is 24.0 Å². The molecular formula is C17H20N2. The molecule has 2 nitrogen and oxygen atoms in total. The molecule has 0 amide bonds. The maximum Gasteiger partial charge on any atom is 0.0483 e. The third-order valence-corrected chi connectivity index (χ3v) is 4.86. The van der Waals surface area contributed by atoms with E-state index in [-0.39, 0.29) is 0 Å². The first kappa shape index (κ1) is 11.3. The molecule has 98 valence electrons. The van der Waals surface area contributed by atoms with Crippen LogP contribution in [0.15, 0.2) is 36.0 Å². The molecule has 0 saturated heterocycles. The second-order valence-electron chi connectivity index (χ2n) is 6.23. The van der Waals surface area contributed by atoms with Crippen molar-refractivity contribution >= 4 is 10.9 Å². The van der Waals surface area contributed by atoms with Crippen molar-refractivity contribution in [3.05, 3.63) is 47.2 Å². The van der Waals surface area contributed by atoms with Gasteiger partial charge in [-0.25, -0.2) is 0 Å². The lowest BCUT2D eigenvalue weighted by atomic mass is 9.77. The van der Waals surface area contributed by atoms with Crippen LogP contribution in [-0.2, 0) is 13.5 Å². The van der Waals surface area contributed by atoms with Gasteiger partial charge in [-0.1, -0.05) is 23.8 Å². The molecular weight excluding hydrogens is 232 g/mol. The maximum atomic E-state index is 2.52. The van der Waals surface area contributed by atoms with E-state index in [1.165, 1.54) is 34.0 Å². The van der Waals surface area contributed by atoms with Crippen LogP contribution in [-0.4, -0.2) is 29.1 Å². The SMILES string of the molecule is CC1=C[C@@H]2c3cccc4c3c(cn4C)C[C@H]2N(C)C1. The Morgan fingerprint density at radius 3 is 2.89 bits per heavy atom. The summed E-state index contributed by atoms with van der Waals surface area (Å²) in [5.41, 5.74) is 5.93. The fraction of sp³-hybridized carbons (Fsp3) is 0.412. The predicted molar refractivity (Wildman–Crippen MR) is 79.5 cm³/mol. The van der Waals surface area contributed by atoms with Crippen molar-refractivity contribution in [3.63, 3.8) is 0 Å². The number of benzene rings is 1.